The van der Waals surface area contributed by atoms with Gasteiger partial charge in [0.05, 0.1) is 12.7 Å². The van der Waals surface area contributed by atoms with Crippen molar-refractivity contribution >= 4 is 27.0 Å². The van der Waals surface area contributed by atoms with Gasteiger partial charge in [-0.3, -0.25) is 0 Å². The Hall–Kier alpha value is -3.17. The maximum Gasteiger partial charge on any atom is 0.338 e. The Kier molecular flexibility index (Phi) is 6.27. The van der Waals surface area contributed by atoms with E-state index in [1.165, 1.54) is 35.7 Å². The predicted molar refractivity (Wildman–Crippen MR) is 122 cm³/mol. The maximum absolute atomic E-state index is 13.1. The van der Waals surface area contributed by atoms with Crippen molar-refractivity contribution in [2.24, 2.45) is 0 Å². The van der Waals surface area contributed by atoms with Crippen molar-refractivity contribution in [3.05, 3.63) is 69.1 Å². The van der Waals surface area contributed by atoms with E-state index in [1.54, 1.807) is 0 Å². The van der Waals surface area contributed by atoms with Crippen LogP contribution in [0, 0.1) is 13.8 Å². The van der Waals surface area contributed by atoms with Crippen molar-refractivity contribution in [1.29, 1.82) is 0 Å². The average molecular weight is 472 g/mol. The van der Waals surface area contributed by atoms with Gasteiger partial charge in [0, 0.05) is 30.1 Å². The fourth-order valence-electron chi connectivity index (χ4n) is 3.94. The molecule has 2 heterocycles. The summed E-state index contributed by atoms with van der Waals surface area (Å²) in [6.07, 6.45) is 1.59. The number of hydrogen-bond donors (Lipinski definition) is 0. The second-order valence-corrected chi connectivity index (χ2v) is 9.93. The summed E-state index contributed by atoms with van der Waals surface area (Å²) in [5.74, 6) is -0.545. The molecular formula is C24H25NO7S. The Morgan fingerprint density at radius 2 is 1.82 bits per heavy atom. The Labute approximate surface area is 191 Å². The molecule has 3 aromatic rings. The highest BCUT2D eigenvalue weighted by Gasteiger charge is 2.31. The summed E-state index contributed by atoms with van der Waals surface area (Å²) >= 11 is 0. The third kappa shape index (κ3) is 4.38. The van der Waals surface area contributed by atoms with E-state index in [1.807, 2.05) is 26.0 Å². The zero-order chi connectivity index (χ0) is 23.8. The number of fused-ring (bicyclic) bond motifs is 1. The van der Waals surface area contributed by atoms with Gasteiger partial charge in [0.2, 0.25) is 10.0 Å². The summed E-state index contributed by atoms with van der Waals surface area (Å²) in [7, 11) is -2.42. The van der Waals surface area contributed by atoms with Gasteiger partial charge in [0.15, 0.2) is 0 Å². The fraction of sp³-hybridized carbons (Fsp3) is 0.333. The third-order valence-electron chi connectivity index (χ3n) is 5.96. The number of nitrogens with zero attached hydrogens (tertiary/aromatic N) is 1. The molecule has 8 nitrogen and oxygen atoms in total. The van der Waals surface area contributed by atoms with Gasteiger partial charge in [-0.05, 0) is 56.0 Å². The molecule has 174 valence electrons. The molecule has 0 unspecified atom stereocenters. The molecule has 4 rings (SSSR count). The van der Waals surface area contributed by atoms with Gasteiger partial charge in [-0.2, -0.15) is 4.31 Å². The molecule has 0 N–H and O–H groups in total. The Morgan fingerprint density at radius 1 is 1.09 bits per heavy atom. The SMILES string of the molecule is COc1ccc(C(=O)OCc2cc(=O)oc3c(C)c(C)ccc23)cc1S(=O)(=O)N1CCCC1. The Balaban J connectivity index is 1.63. The van der Waals surface area contributed by atoms with Gasteiger partial charge in [0.1, 0.15) is 22.8 Å². The van der Waals surface area contributed by atoms with Crippen LogP contribution in [0.5, 0.6) is 5.75 Å². The minimum atomic E-state index is -3.80. The highest BCUT2D eigenvalue weighted by molar-refractivity contribution is 7.89. The highest BCUT2D eigenvalue weighted by Crippen LogP contribution is 2.30. The van der Waals surface area contributed by atoms with E-state index in [4.69, 9.17) is 13.9 Å². The minimum Gasteiger partial charge on any atom is -0.495 e. The lowest BCUT2D eigenvalue weighted by molar-refractivity contribution is 0.0473. The van der Waals surface area contributed by atoms with Gasteiger partial charge >= 0.3 is 11.6 Å². The summed E-state index contributed by atoms with van der Waals surface area (Å²) in [4.78, 5) is 24.8. The van der Waals surface area contributed by atoms with Crippen molar-refractivity contribution in [2.45, 2.75) is 38.2 Å². The number of carbonyl (C=O) groups excluding carboxylic acids is 1. The van der Waals surface area contributed by atoms with Crippen molar-refractivity contribution in [3.63, 3.8) is 0 Å². The number of methoxy groups -OCH3 is 1. The molecule has 33 heavy (non-hydrogen) atoms. The topological polar surface area (TPSA) is 103 Å². The summed E-state index contributed by atoms with van der Waals surface area (Å²) in [6, 6.07) is 9.19. The van der Waals surface area contributed by atoms with Crippen LogP contribution >= 0.6 is 0 Å². The lowest BCUT2D eigenvalue weighted by Crippen LogP contribution is -2.28. The van der Waals surface area contributed by atoms with Gasteiger partial charge in [-0.1, -0.05) is 12.1 Å². The number of sulfonamides is 1. The molecule has 0 radical (unpaired) electrons. The van der Waals surface area contributed by atoms with E-state index in [-0.39, 0.29) is 22.8 Å². The molecule has 1 fully saturated rings. The summed E-state index contributed by atoms with van der Waals surface area (Å²) < 4.78 is 43.5. The normalized spacial score (nSPS) is 14.5. The Bertz CT molecular complexity index is 1390. The van der Waals surface area contributed by atoms with Gasteiger partial charge in [-0.15, -0.1) is 0 Å². The molecule has 0 atom stereocenters. The molecular weight excluding hydrogens is 446 g/mol. The first-order valence-corrected chi connectivity index (χ1v) is 12.0. The number of benzene rings is 2. The number of rotatable bonds is 6. The van der Waals surface area contributed by atoms with E-state index >= 15 is 0 Å². The zero-order valence-electron chi connectivity index (χ0n) is 18.7. The minimum absolute atomic E-state index is 0.0711. The smallest absolute Gasteiger partial charge is 0.338 e. The van der Waals surface area contributed by atoms with Crippen LogP contribution in [0.3, 0.4) is 0 Å². The lowest BCUT2D eigenvalue weighted by atomic mass is 10.0. The van der Waals surface area contributed by atoms with E-state index in [2.05, 4.69) is 0 Å². The maximum atomic E-state index is 13.1. The van der Waals surface area contributed by atoms with Crippen molar-refractivity contribution in [1.82, 2.24) is 4.31 Å². The molecule has 1 saturated heterocycles. The van der Waals surface area contributed by atoms with Crippen LogP contribution in [-0.2, 0) is 21.4 Å². The van der Waals surface area contributed by atoms with E-state index in [0.717, 1.165) is 24.0 Å². The number of ether oxygens (including phenoxy) is 2. The van der Waals surface area contributed by atoms with Crippen LogP contribution in [0.25, 0.3) is 11.0 Å². The number of hydrogen-bond acceptors (Lipinski definition) is 7. The molecule has 1 aliphatic heterocycles. The molecule has 1 aliphatic rings. The van der Waals surface area contributed by atoms with Gasteiger partial charge in [0.25, 0.3) is 0 Å². The van der Waals surface area contributed by atoms with Crippen LogP contribution in [0.15, 0.2) is 50.5 Å². The van der Waals surface area contributed by atoms with Crippen LogP contribution in [0.4, 0.5) is 0 Å². The molecule has 0 saturated carbocycles. The quantitative estimate of drug-likeness (QED) is 0.400. The molecule has 0 spiro atoms. The first-order valence-electron chi connectivity index (χ1n) is 10.6. The van der Waals surface area contributed by atoms with E-state index in [9.17, 15) is 18.0 Å². The summed E-state index contributed by atoms with van der Waals surface area (Å²) in [5.41, 5.74) is 2.32. The molecule has 2 aromatic carbocycles. The highest BCUT2D eigenvalue weighted by atomic mass is 32.2. The predicted octanol–water partition coefficient (Wildman–Crippen LogP) is 3.56. The number of aryl methyl sites for hydroxylation is 2. The van der Waals surface area contributed by atoms with Gasteiger partial charge in [-0.25, -0.2) is 18.0 Å². The van der Waals surface area contributed by atoms with Crippen molar-refractivity contribution in [3.8, 4) is 5.75 Å². The van der Waals surface area contributed by atoms with Crippen molar-refractivity contribution in [2.75, 3.05) is 20.2 Å². The van der Waals surface area contributed by atoms with E-state index < -0.39 is 21.6 Å². The second kappa shape index (κ2) is 8.99. The first-order chi connectivity index (χ1) is 15.7. The first kappa shape index (κ1) is 23.0. The van der Waals surface area contributed by atoms with E-state index in [0.29, 0.717) is 29.6 Å². The second-order valence-electron chi connectivity index (χ2n) is 8.03. The standard InChI is InChI=1S/C24H25NO7S/c1-15-6-8-19-18(13-22(26)32-23(19)16(15)2)14-31-24(27)17-7-9-20(30-3)21(12-17)33(28,29)25-10-4-5-11-25/h6-9,12-13H,4-5,10-11,14H2,1-3H3. The molecule has 0 bridgehead atoms. The lowest BCUT2D eigenvalue weighted by Gasteiger charge is -2.18. The van der Waals surface area contributed by atoms with Crippen LogP contribution in [0.1, 0.15) is 39.9 Å². The van der Waals surface area contributed by atoms with Gasteiger partial charge < -0.3 is 13.9 Å². The average Bonchev–Trinajstić information content (AvgIpc) is 3.35. The zero-order valence-corrected chi connectivity index (χ0v) is 19.5. The van der Waals surface area contributed by atoms with Crippen molar-refractivity contribution < 1.29 is 27.1 Å². The van der Waals surface area contributed by atoms with Crippen LogP contribution < -0.4 is 10.4 Å². The fourth-order valence-corrected chi connectivity index (χ4v) is 5.64. The number of esters is 1. The molecule has 9 heteroatoms. The monoisotopic (exact) mass is 471 g/mol. The number of carbonyl (C=O) groups is 1. The molecule has 0 aliphatic carbocycles. The molecule has 0 amide bonds. The summed E-state index contributed by atoms with van der Waals surface area (Å²) in [5, 5.41) is 0.678. The summed E-state index contributed by atoms with van der Waals surface area (Å²) in [6.45, 7) is 4.48. The molecule has 1 aromatic heterocycles. The Morgan fingerprint density at radius 3 is 2.52 bits per heavy atom. The van der Waals surface area contributed by atoms with Crippen LogP contribution in [-0.4, -0.2) is 38.9 Å². The largest absolute Gasteiger partial charge is 0.495 e. The van der Waals surface area contributed by atoms with Crippen LogP contribution in [0.2, 0.25) is 0 Å². The third-order valence-corrected chi connectivity index (χ3v) is 7.88.